The third-order valence-electron chi connectivity index (χ3n) is 7.76. The van der Waals surface area contributed by atoms with E-state index in [9.17, 15) is 4.39 Å². The summed E-state index contributed by atoms with van der Waals surface area (Å²) in [6, 6.07) is 7.05. The van der Waals surface area contributed by atoms with Gasteiger partial charge in [-0.25, -0.2) is 4.39 Å². The van der Waals surface area contributed by atoms with Crippen LogP contribution in [0.1, 0.15) is 50.5 Å². The number of halogens is 2. The van der Waals surface area contributed by atoms with Crippen molar-refractivity contribution >= 4 is 29.9 Å². The number of hydrogen-bond acceptors (Lipinski definition) is 4. The summed E-state index contributed by atoms with van der Waals surface area (Å²) in [6.45, 7) is 6.67. The van der Waals surface area contributed by atoms with Crippen LogP contribution >= 0.6 is 24.0 Å². The fourth-order valence-corrected chi connectivity index (χ4v) is 5.72. The molecule has 4 rings (SSSR count). The molecule has 2 N–H and O–H groups in total. The van der Waals surface area contributed by atoms with Crippen LogP contribution in [0.5, 0.6) is 0 Å². The lowest BCUT2D eigenvalue weighted by atomic mass is 9.74. The molecule has 0 amide bonds. The van der Waals surface area contributed by atoms with E-state index >= 15 is 0 Å². The van der Waals surface area contributed by atoms with E-state index in [0.29, 0.717) is 19.8 Å². The monoisotopic (exact) mass is 574 g/mol. The van der Waals surface area contributed by atoms with Crippen molar-refractivity contribution in [1.82, 2.24) is 15.5 Å². The number of nitrogens with zero attached hydrogens (tertiary/aromatic N) is 2. The van der Waals surface area contributed by atoms with E-state index in [1.54, 1.807) is 6.07 Å². The van der Waals surface area contributed by atoms with Crippen molar-refractivity contribution in [3.05, 3.63) is 35.6 Å². The van der Waals surface area contributed by atoms with Crippen molar-refractivity contribution in [2.24, 2.45) is 4.99 Å². The molecule has 1 aromatic carbocycles. The van der Waals surface area contributed by atoms with Gasteiger partial charge in [-0.05, 0) is 43.4 Å². The lowest BCUT2D eigenvalue weighted by molar-refractivity contribution is -0.0352. The Morgan fingerprint density at radius 3 is 2.30 bits per heavy atom. The highest BCUT2D eigenvalue weighted by Crippen LogP contribution is 2.35. The minimum atomic E-state index is -0.180. The van der Waals surface area contributed by atoms with Gasteiger partial charge in [0.15, 0.2) is 5.96 Å². The minimum absolute atomic E-state index is 0. The van der Waals surface area contributed by atoms with Crippen molar-refractivity contribution in [3.63, 3.8) is 0 Å². The first-order valence-electron chi connectivity index (χ1n) is 12.3. The molecular formula is C25H40FIN4O2. The maximum absolute atomic E-state index is 14.0. The number of benzene rings is 1. The van der Waals surface area contributed by atoms with Gasteiger partial charge in [-0.1, -0.05) is 31.4 Å². The normalized spacial score (nSPS) is 23.4. The van der Waals surface area contributed by atoms with Gasteiger partial charge in [-0.3, -0.25) is 9.89 Å². The Kier molecular flexibility index (Phi) is 10.2. The maximum atomic E-state index is 14.0. The zero-order valence-corrected chi connectivity index (χ0v) is 22.2. The van der Waals surface area contributed by atoms with Crippen LogP contribution in [0.2, 0.25) is 0 Å². The van der Waals surface area contributed by atoms with Crippen molar-refractivity contribution in [2.75, 3.05) is 59.7 Å². The summed E-state index contributed by atoms with van der Waals surface area (Å²) < 4.78 is 25.2. The largest absolute Gasteiger partial charge is 0.381 e. The number of morpholine rings is 1. The first kappa shape index (κ1) is 26.6. The molecule has 0 spiro atoms. The highest BCUT2D eigenvalue weighted by atomic mass is 127. The zero-order valence-electron chi connectivity index (χ0n) is 19.9. The molecule has 33 heavy (non-hydrogen) atoms. The van der Waals surface area contributed by atoms with Crippen LogP contribution in [0.15, 0.2) is 29.3 Å². The summed E-state index contributed by atoms with van der Waals surface area (Å²) in [4.78, 5) is 7.16. The number of guanidine groups is 1. The molecule has 0 unspecified atom stereocenters. The third-order valence-corrected chi connectivity index (χ3v) is 7.76. The fourth-order valence-electron chi connectivity index (χ4n) is 5.72. The summed E-state index contributed by atoms with van der Waals surface area (Å²) in [5, 5.41) is 7.22. The van der Waals surface area contributed by atoms with E-state index in [1.807, 2.05) is 19.2 Å². The van der Waals surface area contributed by atoms with Crippen LogP contribution in [-0.4, -0.2) is 76.1 Å². The first-order valence-corrected chi connectivity index (χ1v) is 12.3. The highest BCUT2D eigenvalue weighted by Gasteiger charge is 2.39. The summed E-state index contributed by atoms with van der Waals surface area (Å²) >= 11 is 0. The third kappa shape index (κ3) is 6.58. The Hall–Kier alpha value is -0.970. The standard InChI is InChI=1S/C25H39FN4O2.HI/c1-27-23(29-20-25(8-3-2-4-9-25)30-12-16-32-17-13-30)28-19-24(10-14-31-15-11-24)21-6-5-7-22(26)18-21;/h5-7,18H,2-4,8-17,19-20H2,1H3,(H2,27,28,29);1H. The van der Waals surface area contributed by atoms with E-state index in [2.05, 4.69) is 20.5 Å². The molecule has 2 saturated heterocycles. The van der Waals surface area contributed by atoms with Crippen LogP contribution in [-0.2, 0) is 14.9 Å². The van der Waals surface area contributed by atoms with Crippen molar-refractivity contribution in [1.29, 1.82) is 0 Å². The van der Waals surface area contributed by atoms with Gasteiger partial charge in [-0.15, -0.1) is 24.0 Å². The number of nitrogens with one attached hydrogen (secondary N) is 2. The second kappa shape index (κ2) is 12.7. The quantitative estimate of drug-likeness (QED) is 0.309. The molecule has 186 valence electrons. The van der Waals surface area contributed by atoms with Crippen LogP contribution in [0.3, 0.4) is 0 Å². The van der Waals surface area contributed by atoms with E-state index in [1.165, 1.54) is 38.2 Å². The van der Waals surface area contributed by atoms with E-state index in [-0.39, 0.29) is 40.7 Å². The predicted octanol–water partition coefficient (Wildman–Crippen LogP) is 3.69. The van der Waals surface area contributed by atoms with E-state index < -0.39 is 0 Å². The van der Waals surface area contributed by atoms with Gasteiger partial charge in [0.05, 0.1) is 13.2 Å². The first-order chi connectivity index (χ1) is 15.7. The smallest absolute Gasteiger partial charge is 0.191 e. The Morgan fingerprint density at radius 1 is 0.970 bits per heavy atom. The lowest BCUT2D eigenvalue weighted by Gasteiger charge is -2.48. The van der Waals surface area contributed by atoms with Crippen LogP contribution in [0.25, 0.3) is 0 Å². The molecule has 1 aliphatic carbocycles. The molecule has 2 heterocycles. The molecule has 1 aromatic rings. The lowest BCUT2D eigenvalue weighted by Crippen LogP contribution is -2.61. The van der Waals surface area contributed by atoms with Crippen LogP contribution < -0.4 is 10.6 Å². The zero-order chi connectivity index (χ0) is 22.3. The van der Waals surface area contributed by atoms with Gasteiger partial charge in [0, 0.05) is 57.4 Å². The Labute approximate surface area is 215 Å². The highest BCUT2D eigenvalue weighted by molar-refractivity contribution is 14.0. The molecule has 3 fully saturated rings. The fraction of sp³-hybridized carbons (Fsp3) is 0.720. The number of ether oxygens (including phenoxy) is 2. The van der Waals surface area contributed by atoms with Crippen molar-refractivity contribution in [3.8, 4) is 0 Å². The average molecular weight is 575 g/mol. The molecule has 6 nitrogen and oxygen atoms in total. The number of rotatable bonds is 6. The molecule has 0 radical (unpaired) electrons. The topological polar surface area (TPSA) is 58.1 Å². The number of aliphatic imine (C=N–C) groups is 1. The van der Waals surface area contributed by atoms with E-state index in [0.717, 1.165) is 57.2 Å². The van der Waals surface area contributed by atoms with Crippen molar-refractivity contribution < 1.29 is 13.9 Å². The SMILES string of the molecule is CN=C(NCC1(c2cccc(F)c2)CCOCC1)NCC1(N2CCOCC2)CCCCC1.I. The van der Waals surface area contributed by atoms with E-state index in [4.69, 9.17) is 9.47 Å². The Bertz CT molecular complexity index is 761. The van der Waals surface area contributed by atoms with Gasteiger partial charge in [-0.2, -0.15) is 0 Å². The van der Waals surface area contributed by atoms with Gasteiger partial charge < -0.3 is 20.1 Å². The minimum Gasteiger partial charge on any atom is -0.381 e. The van der Waals surface area contributed by atoms with Gasteiger partial charge in [0.25, 0.3) is 0 Å². The van der Waals surface area contributed by atoms with Crippen LogP contribution in [0, 0.1) is 5.82 Å². The van der Waals surface area contributed by atoms with Gasteiger partial charge in [0.2, 0.25) is 0 Å². The predicted molar refractivity (Wildman–Crippen MR) is 141 cm³/mol. The molecule has 8 heteroatoms. The second-order valence-electron chi connectivity index (χ2n) is 9.57. The summed E-state index contributed by atoms with van der Waals surface area (Å²) in [6.07, 6.45) is 8.10. The second-order valence-corrected chi connectivity index (χ2v) is 9.57. The molecule has 0 aromatic heterocycles. The Balaban J connectivity index is 0.00000306. The van der Waals surface area contributed by atoms with Crippen LogP contribution in [0.4, 0.5) is 4.39 Å². The average Bonchev–Trinajstić information content (AvgIpc) is 2.86. The van der Waals surface area contributed by atoms with Gasteiger partial charge >= 0.3 is 0 Å². The molecule has 0 atom stereocenters. The molecule has 2 aliphatic heterocycles. The summed E-state index contributed by atoms with van der Waals surface area (Å²) in [7, 11) is 1.83. The Morgan fingerprint density at radius 2 is 1.64 bits per heavy atom. The maximum Gasteiger partial charge on any atom is 0.191 e. The molecule has 0 bridgehead atoms. The molecular weight excluding hydrogens is 534 g/mol. The number of hydrogen-bond donors (Lipinski definition) is 2. The summed E-state index contributed by atoms with van der Waals surface area (Å²) in [5.41, 5.74) is 1.07. The molecule has 1 saturated carbocycles. The summed E-state index contributed by atoms with van der Waals surface area (Å²) in [5.74, 6) is 0.645. The molecule has 3 aliphatic rings. The van der Waals surface area contributed by atoms with Gasteiger partial charge in [0.1, 0.15) is 5.82 Å². The van der Waals surface area contributed by atoms with Crippen molar-refractivity contribution in [2.45, 2.75) is 55.9 Å².